The van der Waals surface area contributed by atoms with Gasteiger partial charge in [-0.2, -0.15) is 0 Å². The lowest BCUT2D eigenvalue weighted by Gasteiger charge is -2.03. The van der Waals surface area contributed by atoms with Crippen LogP contribution < -0.4 is 5.32 Å². The number of aliphatic carboxylic acids is 1. The Morgan fingerprint density at radius 2 is 2.39 bits per heavy atom. The van der Waals surface area contributed by atoms with Crippen LogP contribution >= 0.6 is 11.6 Å². The number of aliphatic imine (C=N–C) groups is 1. The van der Waals surface area contributed by atoms with Gasteiger partial charge in [0, 0.05) is 16.1 Å². The lowest BCUT2D eigenvalue weighted by molar-refractivity contribution is -0.136. The quantitative estimate of drug-likeness (QED) is 0.578. The molecule has 1 heterocycles. The molecule has 0 spiro atoms. The van der Waals surface area contributed by atoms with Gasteiger partial charge in [0.15, 0.2) is 5.17 Å². The standard InChI is InChI=1S/C9H12ClN3O4S/c1-2-17-13-18-5-6(3-8(15)16)11-9(18)12-7(14)4-10/h5H,2-4H2,1H3,(H,15,16)(H,11,12,14). The van der Waals surface area contributed by atoms with Crippen LogP contribution in [0.4, 0.5) is 0 Å². The van der Waals surface area contributed by atoms with Crippen LogP contribution in [0.2, 0.25) is 0 Å². The highest BCUT2D eigenvalue weighted by atomic mass is 35.5. The number of carbonyl (C=O) groups excluding carboxylic acids is 1. The molecule has 1 rings (SSSR count). The summed E-state index contributed by atoms with van der Waals surface area (Å²) in [5.74, 6) is -1.64. The molecule has 0 saturated heterocycles. The number of carboxylic acid groups (broad SMARTS) is 1. The number of nitrogens with zero attached hydrogens (tertiary/aromatic N) is 2. The van der Waals surface area contributed by atoms with Crippen molar-refractivity contribution < 1.29 is 19.5 Å². The molecule has 2 N–H and O–H groups in total. The van der Waals surface area contributed by atoms with Gasteiger partial charge in [-0.25, -0.2) is 9.83 Å². The SMILES string of the molecule is CCON=S1C=C(CC(=O)O)N=C1NC(=O)CCl. The lowest BCUT2D eigenvalue weighted by atomic mass is 10.3. The van der Waals surface area contributed by atoms with Crippen LogP contribution in [-0.4, -0.2) is 34.6 Å². The monoisotopic (exact) mass is 293 g/mol. The first-order valence-electron chi connectivity index (χ1n) is 5.00. The summed E-state index contributed by atoms with van der Waals surface area (Å²) in [5, 5.41) is 12.9. The predicted octanol–water partition coefficient (Wildman–Crippen LogP) is 0.780. The van der Waals surface area contributed by atoms with E-state index >= 15 is 0 Å². The Hall–Kier alpha value is -1.25. The van der Waals surface area contributed by atoms with Gasteiger partial charge in [-0.05, 0) is 6.92 Å². The van der Waals surface area contributed by atoms with Gasteiger partial charge in [-0.15, -0.1) is 11.6 Å². The first-order chi connectivity index (χ1) is 8.56. The number of rotatable bonds is 5. The average molecular weight is 294 g/mol. The van der Waals surface area contributed by atoms with E-state index in [0.717, 1.165) is 0 Å². The van der Waals surface area contributed by atoms with Crippen molar-refractivity contribution in [1.82, 2.24) is 5.32 Å². The molecule has 9 heteroatoms. The highest BCUT2D eigenvalue weighted by Crippen LogP contribution is 2.15. The summed E-state index contributed by atoms with van der Waals surface area (Å²) in [6.45, 7) is 2.14. The van der Waals surface area contributed by atoms with Gasteiger partial charge < -0.3 is 10.4 Å². The van der Waals surface area contributed by atoms with Gasteiger partial charge in [-0.1, -0.05) is 4.53 Å². The fourth-order valence-electron chi connectivity index (χ4n) is 1.02. The van der Waals surface area contributed by atoms with Gasteiger partial charge in [0.25, 0.3) is 0 Å². The number of hydrogen-bond acceptors (Lipinski definition) is 5. The third-order valence-corrected chi connectivity index (χ3v) is 3.25. The summed E-state index contributed by atoms with van der Waals surface area (Å²) in [6, 6.07) is 0. The zero-order valence-corrected chi connectivity index (χ0v) is 11.1. The van der Waals surface area contributed by atoms with Crippen LogP contribution in [0, 0.1) is 0 Å². The smallest absolute Gasteiger partial charge is 0.309 e. The zero-order valence-electron chi connectivity index (χ0n) is 9.55. The highest BCUT2D eigenvalue weighted by Gasteiger charge is 2.19. The molecule has 0 aromatic carbocycles. The number of amides is 1. The first-order valence-corrected chi connectivity index (χ1v) is 6.78. The molecule has 1 aliphatic heterocycles. The molecule has 0 radical (unpaired) electrons. The molecule has 0 aromatic heterocycles. The number of carbonyl (C=O) groups is 2. The molecule has 0 fully saturated rings. The van der Waals surface area contributed by atoms with E-state index in [2.05, 4.69) is 14.8 Å². The molecular weight excluding hydrogens is 282 g/mol. The van der Waals surface area contributed by atoms with Crippen molar-refractivity contribution in [3.63, 3.8) is 0 Å². The van der Waals surface area contributed by atoms with E-state index in [1.54, 1.807) is 12.3 Å². The van der Waals surface area contributed by atoms with Crippen molar-refractivity contribution in [2.75, 3.05) is 12.5 Å². The minimum absolute atomic E-state index is 0.209. The molecule has 18 heavy (non-hydrogen) atoms. The number of amidine groups is 1. The molecule has 7 nitrogen and oxygen atoms in total. The molecule has 1 unspecified atom stereocenters. The summed E-state index contributed by atoms with van der Waals surface area (Å²) in [6.07, 6.45) is -0.231. The Morgan fingerprint density at radius 1 is 1.67 bits per heavy atom. The number of hydrogen-bond donors (Lipinski definition) is 2. The molecule has 0 aliphatic carbocycles. The van der Waals surface area contributed by atoms with Gasteiger partial charge in [0.2, 0.25) is 5.91 Å². The van der Waals surface area contributed by atoms with Crippen molar-refractivity contribution in [2.24, 2.45) is 9.52 Å². The summed E-state index contributed by atoms with van der Waals surface area (Å²) in [7, 11) is -0.897. The van der Waals surface area contributed by atoms with E-state index in [0.29, 0.717) is 12.3 Å². The van der Waals surface area contributed by atoms with Crippen molar-refractivity contribution >= 4 is 39.3 Å². The van der Waals surface area contributed by atoms with Crippen LogP contribution in [0.1, 0.15) is 13.3 Å². The Bertz CT molecular complexity index is 447. The number of nitrogens with one attached hydrogen (secondary N) is 1. The maximum absolute atomic E-state index is 11.2. The molecule has 0 aromatic rings. The van der Waals surface area contributed by atoms with Gasteiger partial charge in [0.05, 0.1) is 18.7 Å². The summed E-state index contributed by atoms with van der Waals surface area (Å²) in [4.78, 5) is 30.7. The Balaban J connectivity index is 2.84. The fourth-order valence-corrected chi connectivity index (χ4v) is 2.36. The zero-order chi connectivity index (χ0) is 13.5. The Labute approximate surface area is 111 Å². The van der Waals surface area contributed by atoms with E-state index in [4.69, 9.17) is 21.5 Å². The van der Waals surface area contributed by atoms with E-state index in [9.17, 15) is 9.59 Å². The van der Waals surface area contributed by atoms with Crippen molar-refractivity contribution in [3.8, 4) is 0 Å². The van der Waals surface area contributed by atoms with Crippen LogP contribution in [0.15, 0.2) is 20.6 Å². The largest absolute Gasteiger partial charge is 0.481 e. The summed E-state index contributed by atoms with van der Waals surface area (Å²) >= 11 is 5.37. The number of alkyl halides is 1. The van der Waals surface area contributed by atoms with E-state index in [1.807, 2.05) is 0 Å². The second kappa shape index (κ2) is 7.24. The molecule has 1 aliphatic rings. The maximum Gasteiger partial charge on any atom is 0.309 e. The predicted molar refractivity (Wildman–Crippen MR) is 68.1 cm³/mol. The molecule has 100 valence electrons. The summed E-state index contributed by atoms with van der Waals surface area (Å²) in [5.41, 5.74) is 0.333. The molecule has 1 atom stereocenters. The Morgan fingerprint density at radius 3 is 2.94 bits per heavy atom. The first kappa shape index (κ1) is 14.8. The Kier molecular flexibility index (Phi) is 5.96. The van der Waals surface area contributed by atoms with Crippen molar-refractivity contribution in [2.45, 2.75) is 13.3 Å². The second-order valence-corrected chi connectivity index (χ2v) is 4.75. The van der Waals surface area contributed by atoms with Gasteiger partial charge >= 0.3 is 5.97 Å². The molecular formula is C9H12ClN3O4S. The number of carboxylic acids is 1. The normalized spacial score (nSPS) is 18.4. The molecule has 0 bridgehead atoms. The van der Waals surface area contributed by atoms with E-state index in [-0.39, 0.29) is 17.5 Å². The van der Waals surface area contributed by atoms with Gasteiger partial charge in [-0.3, -0.25) is 9.59 Å². The third-order valence-electron chi connectivity index (χ3n) is 1.65. The fraction of sp³-hybridized carbons (Fsp3) is 0.444. The molecule has 0 saturated carbocycles. The minimum Gasteiger partial charge on any atom is -0.481 e. The lowest BCUT2D eigenvalue weighted by Crippen LogP contribution is -2.32. The summed E-state index contributed by atoms with van der Waals surface area (Å²) < 4.78 is 3.84. The van der Waals surface area contributed by atoms with Crippen molar-refractivity contribution in [1.29, 1.82) is 0 Å². The van der Waals surface area contributed by atoms with Crippen LogP contribution in [0.25, 0.3) is 0 Å². The second-order valence-electron chi connectivity index (χ2n) is 3.09. The molecule has 1 amide bonds. The van der Waals surface area contributed by atoms with Crippen LogP contribution in [0.5, 0.6) is 0 Å². The van der Waals surface area contributed by atoms with E-state index < -0.39 is 22.6 Å². The number of halogens is 1. The van der Waals surface area contributed by atoms with Crippen LogP contribution in [0.3, 0.4) is 0 Å². The highest BCUT2D eigenvalue weighted by molar-refractivity contribution is 8.05. The van der Waals surface area contributed by atoms with E-state index in [1.165, 1.54) is 0 Å². The maximum atomic E-state index is 11.2. The third kappa shape index (κ3) is 4.55. The van der Waals surface area contributed by atoms with Crippen LogP contribution in [-0.2, 0) is 25.1 Å². The topological polar surface area (TPSA) is 100 Å². The average Bonchev–Trinajstić information content (AvgIpc) is 2.67. The van der Waals surface area contributed by atoms with Crippen molar-refractivity contribution in [3.05, 3.63) is 11.1 Å². The minimum atomic E-state index is -1.00. The van der Waals surface area contributed by atoms with Gasteiger partial charge in [0.1, 0.15) is 5.88 Å².